The predicted octanol–water partition coefficient (Wildman–Crippen LogP) is 2.84. The molecule has 2 aliphatic heterocycles. The average Bonchev–Trinajstić information content (AvgIpc) is 3.06. The summed E-state index contributed by atoms with van der Waals surface area (Å²) in [5.74, 6) is -0.226. The Morgan fingerprint density at radius 1 is 1.55 bits per heavy atom. The number of nitrogens with zero attached hydrogens (tertiary/aromatic N) is 3. The second kappa shape index (κ2) is 5.98. The third kappa shape index (κ3) is 2.93. The zero-order valence-corrected chi connectivity index (χ0v) is 12.9. The van der Waals surface area contributed by atoms with Crippen molar-refractivity contribution < 1.29 is 9.72 Å². The molecule has 0 bridgehead atoms. The Balaban J connectivity index is 1.65. The van der Waals surface area contributed by atoms with Crippen LogP contribution >= 0.6 is 23.4 Å². The van der Waals surface area contributed by atoms with Crippen molar-refractivity contribution in [2.45, 2.75) is 6.42 Å². The number of non-ortho nitro benzene ring substituents is 1. The monoisotopic (exact) mass is 338 g/mol. The Hall–Kier alpha value is -2.06. The number of amides is 1. The summed E-state index contributed by atoms with van der Waals surface area (Å²) in [5, 5.41) is 16.3. The Morgan fingerprint density at radius 2 is 2.36 bits per heavy atom. The average molecular weight is 339 g/mol. The first-order valence-corrected chi connectivity index (χ1v) is 7.72. The molecule has 1 aromatic rings. The molecule has 0 saturated carbocycles. The van der Waals surface area contributed by atoms with E-state index in [1.165, 1.54) is 30.0 Å². The van der Waals surface area contributed by atoms with Crippen LogP contribution in [0.2, 0.25) is 5.02 Å². The van der Waals surface area contributed by atoms with Crippen LogP contribution in [-0.4, -0.2) is 34.0 Å². The summed E-state index contributed by atoms with van der Waals surface area (Å²) >= 11 is 7.47. The first-order valence-electron chi connectivity index (χ1n) is 6.46. The maximum atomic E-state index is 12.1. The van der Waals surface area contributed by atoms with Gasteiger partial charge in [-0.15, -0.1) is 0 Å². The largest absolute Gasteiger partial charge is 0.324 e. The molecule has 0 atom stereocenters. The van der Waals surface area contributed by atoms with E-state index in [0.29, 0.717) is 5.69 Å². The molecule has 2 heterocycles. The lowest BCUT2D eigenvalue weighted by Crippen LogP contribution is -2.24. The van der Waals surface area contributed by atoms with Gasteiger partial charge in [-0.1, -0.05) is 23.4 Å². The van der Waals surface area contributed by atoms with Crippen molar-refractivity contribution in [1.29, 1.82) is 0 Å². The highest BCUT2D eigenvalue weighted by Gasteiger charge is 2.27. The Bertz CT molecular complexity index is 719. The minimum atomic E-state index is -0.535. The van der Waals surface area contributed by atoms with E-state index in [9.17, 15) is 14.9 Å². The molecule has 0 aromatic heterocycles. The van der Waals surface area contributed by atoms with E-state index in [4.69, 9.17) is 11.6 Å². The van der Waals surface area contributed by atoms with Crippen LogP contribution in [0.3, 0.4) is 0 Å². The van der Waals surface area contributed by atoms with E-state index < -0.39 is 4.92 Å². The summed E-state index contributed by atoms with van der Waals surface area (Å²) in [6.45, 7) is 1.54. The summed E-state index contributed by atoms with van der Waals surface area (Å²) < 4.78 is 0. The van der Waals surface area contributed by atoms with Crippen molar-refractivity contribution >= 4 is 45.8 Å². The molecular formula is C13H11ClN4O3S. The molecule has 0 unspecified atom stereocenters. The standard InChI is InChI=1S/C13H11ClN4O3S/c14-10-5-8(18(20)21)1-2-11(10)16-12(19)6-9-7-22-13-15-3-4-17(9)13/h1-2,5,7H,3-4,6H2,(H,16,19). The van der Waals surface area contributed by atoms with Crippen molar-refractivity contribution in [2.75, 3.05) is 18.4 Å². The minimum absolute atomic E-state index is 0.115. The smallest absolute Gasteiger partial charge is 0.271 e. The molecular weight excluding hydrogens is 328 g/mol. The highest BCUT2D eigenvalue weighted by Crippen LogP contribution is 2.31. The molecule has 3 rings (SSSR count). The number of nitro groups is 1. The molecule has 0 fully saturated rings. The fraction of sp³-hybridized carbons (Fsp3) is 0.231. The normalized spacial score (nSPS) is 16.1. The third-order valence-corrected chi connectivity index (χ3v) is 4.49. The number of aliphatic imine (C=N–C) groups is 1. The Morgan fingerprint density at radius 3 is 3.09 bits per heavy atom. The predicted molar refractivity (Wildman–Crippen MR) is 86.0 cm³/mol. The van der Waals surface area contributed by atoms with E-state index in [1.54, 1.807) is 0 Å². The molecule has 114 valence electrons. The van der Waals surface area contributed by atoms with Gasteiger partial charge in [0.05, 0.1) is 28.6 Å². The molecule has 1 N–H and O–H groups in total. The third-order valence-electron chi connectivity index (χ3n) is 3.23. The van der Waals surface area contributed by atoms with Crippen LogP contribution in [0.5, 0.6) is 0 Å². The first kappa shape index (κ1) is 14.9. The molecule has 22 heavy (non-hydrogen) atoms. The zero-order chi connectivity index (χ0) is 15.7. The lowest BCUT2D eigenvalue weighted by Gasteiger charge is -2.16. The number of benzene rings is 1. The van der Waals surface area contributed by atoms with Crippen LogP contribution in [0.1, 0.15) is 6.42 Å². The van der Waals surface area contributed by atoms with Gasteiger partial charge < -0.3 is 10.2 Å². The van der Waals surface area contributed by atoms with Gasteiger partial charge in [0.25, 0.3) is 5.69 Å². The number of carbonyl (C=O) groups excluding carboxylic acids is 1. The van der Waals surface area contributed by atoms with Gasteiger partial charge >= 0.3 is 0 Å². The molecule has 0 radical (unpaired) electrons. The van der Waals surface area contributed by atoms with Crippen LogP contribution in [0, 0.1) is 10.1 Å². The van der Waals surface area contributed by atoms with E-state index in [0.717, 1.165) is 24.0 Å². The van der Waals surface area contributed by atoms with Crippen molar-refractivity contribution in [1.82, 2.24) is 4.90 Å². The summed E-state index contributed by atoms with van der Waals surface area (Å²) in [4.78, 5) is 28.6. The number of carbonyl (C=O) groups is 1. The quantitative estimate of drug-likeness (QED) is 0.673. The van der Waals surface area contributed by atoms with Crippen molar-refractivity contribution in [3.05, 3.63) is 44.4 Å². The van der Waals surface area contributed by atoms with Gasteiger partial charge in [-0.2, -0.15) is 0 Å². The molecule has 0 saturated heterocycles. The first-order chi connectivity index (χ1) is 10.5. The number of amidine groups is 1. The maximum Gasteiger partial charge on any atom is 0.271 e. The number of fused-ring (bicyclic) bond motifs is 1. The topological polar surface area (TPSA) is 87.8 Å². The number of rotatable bonds is 4. The Labute approximate surface area is 135 Å². The molecule has 1 amide bonds. The molecule has 0 aliphatic carbocycles. The van der Waals surface area contributed by atoms with Gasteiger partial charge in [0.1, 0.15) is 0 Å². The molecule has 2 aliphatic rings. The fourth-order valence-corrected chi connectivity index (χ4v) is 3.37. The Kier molecular flexibility index (Phi) is 4.04. The zero-order valence-electron chi connectivity index (χ0n) is 11.3. The lowest BCUT2D eigenvalue weighted by atomic mass is 10.2. The molecule has 7 nitrogen and oxygen atoms in total. The van der Waals surface area contributed by atoms with Crippen LogP contribution in [0.25, 0.3) is 0 Å². The van der Waals surface area contributed by atoms with Gasteiger partial charge in [-0.05, 0) is 11.5 Å². The minimum Gasteiger partial charge on any atom is -0.324 e. The van der Waals surface area contributed by atoms with E-state index >= 15 is 0 Å². The maximum absolute atomic E-state index is 12.1. The van der Waals surface area contributed by atoms with Gasteiger partial charge in [0, 0.05) is 24.4 Å². The summed E-state index contributed by atoms with van der Waals surface area (Å²) in [6.07, 6.45) is 0.208. The van der Waals surface area contributed by atoms with Gasteiger partial charge in [-0.3, -0.25) is 19.9 Å². The van der Waals surface area contributed by atoms with Crippen LogP contribution in [0.4, 0.5) is 11.4 Å². The second-order valence-electron chi connectivity index (χ2n) is 4.69. The highest BCUT2D eigenvalue weighted by molar-refractivity contribution is 8.16. The number of thioether (sulfide) groups is 1. The van der Waals surface area contributed by atoms with E-state index in [1.807, 2.05) is 10.3 Å². The van der Waals surface area contributed by atoms with Crippen molar-refractivity contribution in [3.8, 4) is 0 Å². The number of nitrogens with one attached hydrogen (secondary N) is 1. The van der Waals surface area contributed by atoms with Crippen molar-refractivity contribution in [3.63, 3.8) is 0 Å². The van der Waals surface area contributed by atoms with Crippen LogP contribution < -0.4 is 5.32 Å². The summed E-state index contributed by atoms with van der Waals surface area (Å²) in [7, 11) is 0. The number of hydrogen-bond donors (Lipinski definition) is 1. The van der Waals surface area contributed by atoms with E-state index in [2.05, 4.69) is 10.3 Å². The van der Waals surface area contributed by atoms with Crippen molar-refractivity contribution in [2.24, 2.45) is 4.99 Å². The number of halogens is 1. The molecule has 0 spiro atoms. The second-order valence-corrected chi connectivity index (χ2v) is 5.93. The molecule has 1 aromatic carbocycles. The van der Waals surface area contributed by atoms with Gasteiger partial charge in [-0.25, -0.2) is 0 Å². The fourth-order valence-electron chi connectivity index (χ4n) is 2.19. The number of nitro benzene ring substituents is 1. The van der Waals surface area contributed by atoms with E-state index in [-0.39, 0.29) is 23.0 Å². The lowest BCUT2D eigenvalue weighted by molar-refractivity contribution is -0.384. The SMILES string of the molecule is O=C(CC1=CSC2=NCCN12)Nc1ccc([N+](=O)[O-])cc1Cl. The van der Waals surface area contributed by atoms with Crippen LogP contribution in [-0.2, 0) is 4.79 Å². The number of hydrogen-bond acceptors (Lipinski definition) is 6. The molecule has 9 heteroatoms. The summed E-state index contributed by atoms with van der Waals surface area (Å²) in [5.41, 5.74) is 1.14. The number of anilines is 1. The van der Waals surface area contributed by atoms with Crippen LogP contribution in [0.15, 0.2) is 34.3 Å². The van der Waals surface area contributed by atoms with Gasteiger partial charge in [0.2, 0.25) is 5.91 Å². The highest BCUT2D eigenvalue weighted by atomic mass is 35.5. The summed E-state index contributed by atoms with van der Waals surface area (Å²) in [6, 6.07) is 3.95. The van der Waals surface area contributed by atoms with Gasteiger partial charge in [0.15, 0.2) is 5.17 Å².